The molecule has 1 aliphatic rings. The molecule has 3 N–H and O–H groups in total. The van der Waals surface area contributed by atoms with Gasteiger partial charge in [-0.2, -0.15) is 0 Å². The van der Waals surface area contributed by atoms with Crippen molar-refractivity contribution in [1.82, 2.24) is 16.2 Å². The van der Waals surface area contributed by atoms with Crippen LogP contribution in [0, 0.1) is 19.8 Å². The molecule has 1 saturated carbocycles. The van der Waals surface area contributed by atoms with E-state index < -0.39 is 0 Å². The average Bonchev–Trinajstić information content (AvgIpc) is 2.78. The first-order valence-electron chi connectivity index (χ1n) is 7.41. The van der Waals surface area contributed by atoms with Crippen molar-refractivity contribution in [2.75, 3.05) is 0 Å². The van der Waals surface area contributed by atoms with Crippen LogP contribution in [0.3, 0.4) is 0 Å². The molecule has 0 aromatic carbocycles. The summed E-state index contributed by atoms with van der Waals surface area (Å²) in [5.74, 6) is 1.68. The molecule has 1 aromatic heterocycles. The molecule has 1 amide bonds. The summed E-state index contributed by atoms with van der Waals surface area (Å²) < 4.78 is 5.34. The molecular formula is C15H23N3O2S. The van der Waals surface area contributed by atoms with E-state index in [4.69, 9.17) is 16.6 Å². The molecule has 1 fully saturated rings. The standard InChI is InChI=1S/C15H23N3O2S/c1-9-6-4-5-7-13(9)16-15(21)18-17-14(19)12-8-10(2)20-11(12)3/h8-9,13H,4-7H2,1-3H3,(H,17,19)(H2,16,18,21)/t9-,13+/m1/s1. The van der Waals surface area contributed by atoms with E-state index in [1.54, 1.807) is 13.0 Å². The van der Waals surface area contributed by atoms with Crippen LogP contribution in [0.25, 0.3) is 0 Å². The fourth-order valence-corrected chi connectivity index (χ4v) is 2.97. The Balaban J connectivity index is 1.81. The lowest BCUT2D eigenvalue weighted by Crippen LogP contribution is -2.51. The van der Waals surface area contributed by atoms with Crippen LogP contribution in [0.2, 0.25) is 0 Å². The predicted octanol–water partition coefficient (Wildman–Crippen LogP) is 2.58. The van der Waals surface area contributed by atoms with Crippen molar-refractivity contribution < 1.29 is 9.21 Å². The summed E-state index contributed by atoms with van der Waals surface area (Å²) >= 11 is 5.23. The minimum atomic E-state index is -0.245. The van der Waals surface area contributed by atoms with E-state index in [1.807, 2.05) is 6.92 Å². The number of carbonyl (C=O) groups is 1. The van der Waals surface area contributed by atoms with Crippen molar-refractivity contribution in [3.8, 4) is 0 Å². The molecule has 116 valence electrons. The molecule has 2 atom stereocenters. The topological polar surface area (TPSA) is 66.3 Å². The SMILES string of the molecule is Cc1cc(C(=O)NNC(=S)N[C@H]2CCCC[C@H]2C)c(C)o1. The number of hydrogen-bond acceptors (Lipinski definition) is 3. The van der Waals surface area contributed by atoms with Gasteiger partial charge in [-0.15, -0.1) is 0 Å². The summed E-state index contributed by atoms with van der Waals surface area (Å²) in [6.45, 7) is 5.81. The van der Waals surface area contributed by atoms with Gasteiger partial charge in [0.1, 0.15) is 11.5 Å². The monoisotopic (exact) mass is 309 g/mol. The Morgan fingerprint density at radius 2 is 2.00 bits per heavy atom. The van der Waals surface area contributed by atoms with Gasteiger partial charge in [-0.25, -0.2) is 0 Å². The summed E-state index contributed by atoms with van der Waals surface area (Å²) in [5, 5.41) is 3.74. The molecule has 5 nitrogen and oxygen atoms in total. The van der Waals surface area contributed by atoms with Crippen LogP contribution in [-0.2, 0) is 0 Å². The lowest BCUT2D eigenvalue weighted by Gasteiger charge is -2.30. The number of carbonyl (C=O) groups excluding carboxylic acids is 1. The Labute approximate surface area is 130 Å². The van der Waals surface area contributed by atoms with Crippen LogP contribution in [0.15, 0.2) is 10.5 Å². The number of furan rings is 1. The summed E-state index contributed by atoms with van der Waals surface area (Å²) in [6, 6.07) is 2.10. The predicted molar refractivity (Wildman–Crippen MR) is 85.9 cm³/mol. The van der Waals surface area contributed by atoms with Crippen molar-refractivity contribution >= 4 is 23.2 Å². The molecule has 0 saturated heterocycles. The van der Waals surface area contributed by atoms with E-state index in [9.17, 15) is 4.79 Å². The normalized spacial score (nSPS) is 21.7. The Hall–Kier alpha value is -1.56. The van der Waals surface area contributed by atoms with Crippen molar-refractivity contribution in [2.45, 2.75) is 52.5 Å². The Kier molecular flexibility index (Phi) is 5.22. The third kappa shape index (κ3) is 4.20. The number of rotatable bonds is 2. The molecule has 1 heterocycles. The van der Waals surface area contributed by atoms with E-state index in [0.29, 0.717) is 28.4 Å². The largest absolute Gasteiger partial charge is 0.466 e. The molecule has 0 spiro atoms. The van der Waals surface area contributed by atoms with Crippen molar-refractivity contribution in [3.63, 3.8) is 0 Å². The maximum atomic E-state index is 12.0. The number of hydrogen-bond donors (Lipinski definition) is 3. The summed E-state index contributed by atoms with van der Waals surface area (Å²) in [4.78, 5) is 12.0. The molecule has 1 aromatic rings. The number of amides is 1. The van der Waals surface area contributed by atoms with E-state index in [2.05, 4.69) is 23.1 Å². The Morgan fingerprint density at radius 1 is 1.29 bits per heavy atom. The molecule has 0 bridgehead atoms. The second kappa shape index (κ2) is 6.93. The van der Waals surface area contributed by atoms with E-state index >= 15 is 0 Å². The highest BCUT2D eigenvalue weighted by molar-refractivity contribution is 7.80. The van der Waals surface area contributed by atoms with E-state index in [0.717, 1.165) is 12.2 Å². The lowest BCUT2D eigenvalue weighted by atomic mass is 9.86. The van der Waals surface area contributed by atoms with Crippen molar-refractivity contribution in [3.05, 3.63) is 23.2 Å². The third-order valence-corrected chi connectivity index (χ3v) is 4.22. The molecule has 0 radical (unpaired) electrons. The highest BCUT2D eigenvalue weighted by Gasteiger charge is 2.22. The van der Waals surface area contributed by atoms with Gasteiger partial charge in [0.2, 0.25) is 0 Å². The Morgan fingerprint density at radius 3 is 2.62 bits per heavy atom. The van der Waals surface area contributed by atoms with Gasteiger partial charge in [0.05, 0.1) is 5.56 Å². The zero-order valence-corrected chi connectivity index (χ0v) is 13.6. The fourth-order valence-electron chi connectivity index (χ4n) is 2.77. The van der Waals surface area contributed by atoms with E-state index in [-0.39, 0.29) is 5.91 Å². The van der Waals surface area contributed by atoms with Gasteiger partial charge in [0, 0.05) is 6.04 Å². The number of hydrazine groups is 1. The van der Waals surface area contributed by atoms with Crippen molar-refractivity contribution in [2.24, 2.45) is 5.92 Å². The number of thiocarbonyl (C=S) groups is 1. The molecule has 0 aliphatic heterocycles. The quantitative estimate of drug-likeness (QED) is 0.579. The average molecular weight is 309 g/mol. The molecule has 2 rings (SSSR count). The second-order valence-corrected chi connectivity index (χ2v) is 6.16. The van der Waals surface area contributed by atoms with Gasteiger partial charge in [0.15, 0.2) is 5.11 Å². The zero-order valence-electron chi connectivity index (χ0n) is 12.8. The first-order valence-corrected chi connectivity index (χ1v) is 7.82. The third-order valence-electron chi connectivity index (χ3n) is 4.00. The van der Waals surface area contributed by atoms with Crippen LogP contribution in [0.4, 0.5) is 0 Å². The summed E-state index contributed by atoms with van der Waals surface area (Å²) in [5.41, 5.74) is 5.89. The minimum Gasteiger partial charge on any atom is -0.466 e. The van der Waals surface area contributed by atoms with Crippen LogP contribution in [-0.4, -0.2) is 17.1 Å². The number of nitrogens with one attached hydrogen (secondary N) is 3. The van der Waals surface area contributed by atoms with E-state index in [1.165, 1.54) is 19.3 Å². The maximum absolute atomic E-state index is 12.0. The molecule has 21 heavy (non-hydrogen) atoms. The van der Waals surface area contributed by atoms with Gasteiger partial charge < -0.3 is 9.73 Å². The summed E-state index contributed by atoms with van der Waals surface area (Å²) in [7, 11) is 0. The first kappa shape index (κ1) is 15.8. The zero-order chi connectivity index (χ0) is 15.4. The molecule has 6 heteroatoms. The molecule has 0 unspecified atom stereocenters. The van der Waals surface area contributed by atoms with Crippen LogP contribution < -0.4 is 16.2 Å². The highest BCUT2D eigenvalue weighted by atomic mass is 32.1. The van der Waals surface area contributed by atoms with Gasteiger partial charge in [-0.3, -0.25) is 15.6 Å². The van der Waals surface area contributed by atoms with Crippen molar-refractivity contribution in [1.29, 1.82) is 0 Å². The first-order chi connectivity index (χ1) is 9.97. The molecule has 1 aliphatic carbocycles. The van der Waals surface area contributed by atoms with Crippen LogP contribution >= 0.6 is 12.2 Å². The highest BCUT2D eigenvalue weighted by Crippen LogP contribution is 2.23. The van der Waals surface area contributed by atoms with Gasteiger partial charge >= 0.3 is 0 Å². The van der Waals surface area contributed by atoms with Gasteiger partial charge in [0.25, 0.3) is 5.91 Å². The Bertz CT molecular complexity index is 527. The van der Waals surface area contributed by atoms with Gasteiger partial charge in [-0.1, -0.05) is 19.8 Å². The lowest BCUT2D eigenvalue weighted by molar-refractivity contribution is 0.0942. The minimum absolute atomic E-state index is 0.245. The number of aryl methyl sites for hydroxylation is 2. The van der Waals surface area contributed by atoms with Crippen LogP contribution in [0.1, 0.15) is 54.5 Å². The second-order valence-electron chi connectivity index (χ2n) is 5.75. The van der Waals surface area contributed by atoms with Gasteiger partial charge in [-0.05, 0) is 50.9 Å². The summed E-state index contributed by atoms with van der Waals surface area (Å²) in [6.07, 6.45) is 4.86. The fraction of sp³-hybridized carbons (Fsp3) is 0.600. The molecular weight excluding hydrogens is 286 g/mol. The van der Waals surface area contributed by atoms with Crippen LogP contribution in [0.5, 0.6) is 0 Å². The maximum Gasteiger partial charge on any atom is 0.273 e. The smallest absolute Gasteiger partial charge is 0.273 e.